The molecule has 2 N–H and O–H groups in total. The maximum Gasteiger partial charge on any atom is 0.0871 e. The SMILES string of the molecule is C.C.C.C.CC.CC.CC.CC.CCC(C)(C)CC.CCC(C)(C)NC.CCC(C)(C)OC.CCC(C)(C)SC.CCCC(C)(C)c1ccccc1.CNC(C)(C)c1ccccc1.COC(C)(C)c1ccccc1.CSC(C)(C)c1ccccc1. The molecule has 0 heterocycles. The number of ether oxygens (including phenoxy) is 2. The Morgan fingerprint density at radius 1 is 0.376 bits per heavy atom. The van der Waals surface area contributed by atoms with Crippen LogP contribution in [0.2, 0.25) is 0 Å². The highest BCUT2D eigenvalue weighted by Crippen LogP contribution is 2.33. The van der Waals surface area contributed by atoms with E-state index >= 15 is 0 Å². The van der Waals surface area contributed by atoms with Gasteiger partial charge in [0, 0.05) is 34.8 Å². The molecule has 0 saturated carbocycles. The average molecular weight is 1230 g/mol. The molecule has 0 aromatic heterocycles. The van der Waals surface area contributed by atoms with Gasteiger partial charge >= 0.3 is 0 Å². The zero-order chi connectivity index (χ0) is 65.6. The molecular weight excluding hydrogens is 1070 g/mol. The number of hydrogen-bond donors (Lipinski definition) is 2. The van der Waals surface area contributed by atoms with Crippen LogP contribution >= 0.6 is 23.5 Å². The molecule has 0 atom stereocenters. The van der Waals surface area contributed by atoms with Crippen molar-refractivity contribution in [1.82, 2.24) is 10.6 Å². The second-order valence-electron chi connectivity index (χ2n) is 23.4. The van der Waals surface area contributed by atoms with Crippen molar-refractivity contribution in [1.29, 1.82) is 0 Å². The Morgan fingerprint density at radius 3 is 0.871 bits per heavy atom. The Bertz CT molecular complexity index is 1610. The summed E-state index contributed by atoms with van der Waals surface area (Å²) in [4.78, 5) is 0. The van der Waals surface area contributed by atoms with Gasteiger partial charge in [-0.2, -0.15) is 23.5 Å². The fourth-order valence-electron chi connectivity index (χ4n) is 5.29. The van der Waals surface area contributed by atoms with Crippen LogP contribution in [0.1, 0.15) is 305 Å². The van der Waals surface area contributed by atoms with Crippen molar-refractivity contribution in [3.8, 4) is 0 Å². The molecule has 4 aromatic rings. The molecule has 0 amide bonds. The predicted molar refractivity (Wildman–Crippen MR) is 412 cm³/mol. The Labute approximate surface area is 549 Å². The smallest absolute Gasteiger partial charge is 0.0871 e. The maximum absolute atomic E-state index is 5.32. The van der Waals surface area contributed by atoms with Crippen molar-refractivity contribution in [2.45, 2.75) is 320 Å². The van der Waals surface area contributed by atoms with Gasteiger partial charge in [0.05, 0.1) is 11.2 Å². The molecule has 510 valence electrons. The normalized spacial score (nSPS) is 10.4. The molecule has 0 unspecified atom stereocenters. The quantitative estimate of drug-likeness (QED) is 0.110. The van der Waals surface area contributed by atoms with Crippen LogP contribution in [0, 0.1) is 5.41 Å². The molecule has 0 spiro atoms. The fourth-order valence-corrected chi connectivity index (χ4v) is 5.95. The van der Waals surface area contributed by atoms with Crippen LogP contribution in [-0.2, 0) is 30.8 Å². The lowest BCUT2D eigenvalue weighted by Crippen LogP contribution is -2.34. The van der Waals surface area contributed by atoms with Crippen LogP contribution in [-0.4, -0.2) is 56.7 Å². The minimum Gasteiger partial charge on any atom is -0.379 e. The summed E-state index contributed by atoms with van der Waals surface area (Å²) in [6.45, 7) is 64.4. The van der Waals surface area contributed by atoms with Gasteiger partial charge in [0.2, 0.25) is 0 Å². The van der Waals surface area contributed by atoms with Gasteiger partial charge in [-0.05, 0) is 155 Å². The first kappa shape index (κ1) is 110. The van der Waals surface area contributed by atoms with Crippen molar-refractivity contribution in [2.75, 3.05) is 40.8 Å². The highest BCUT2D eigenvalue weighted by atomic mass is 32.2. The molecule has 0 saturated heterocycles. The van der Waals surface area contributed by atoms with Gasteiger partial charge in [-0.15, -0.1) is 0 Å². The van der Waals surface area contributed by atoms with Crippen LogP contribution in [0.3, 0.4) is 0 Å². The summed E-state index contributed by atoms with van der Waals surface area (Å²) in [7, 11) is 7.44. The van der Waals surface area contributed by atoms with Gasteiger partial charge in [0.1, 0.15) is 0 Å². The molecule has 4 aromatic carbocycles. The third-order valence-electron chi connectivity index (χ3n) is 14.8. The molecular formula is C79H160N2O2S2. The molecule has 0 fully saturated rings. The van der Waals surface area contributed by atoms with Gasteiger partial charge in [-0.1, -0.05) is 309 Å². The number of hydrogen-bond acceptors (Lipinski definition) is 6. The average Bonchev–Trinajstić information content (AvgIpc) is 3.51. The van der Waals surface area contributed by atoms with Gasteiger partial charge in [0.25, 0.3) is 0 Å². The summed E-state index contributed by atoms with van der Waals surface area (Å²) < 4.78 is 11.2. The minimum atomic E-state index is -0.165. The zero-order valence-corrected chi connectivity index (χ0v) is 62.8. The van der Waals surface area contributed by atoms with Gasteiger partial charge < -0.3 is 20.1 Å². The van der Waals surface area contributed by atoms with Gasteiger partial charge in [0.15, 0.2) is 0 Å². The largest absolute Gasteiger partial charge is 0.379 e. The summed E-state index contributed by atoms with van der Waals surface area (Å²) in [5, 5.41) is 6.45. The van der Waals surface area contributed by atoms with Crippen molar-refractivity contribution < 1.29 is 9.47 Å². The first-order chi connectivity index (χ1) is 37.6. The third kappa shape index (κ3) is 62.8. The van der Waals surface area contributed by atoms with Crippen molar-refractivity contribution in [3.05, 3.63) is 144 Å². The summed E-state index contributed by atoms with van der Waals surface area (Å²) in [5.41, 5.74) is 6.64. The lowest BCUT2D eigenvalue weighted by molar-refractivity contribution is 0.0191. The summed E-state index contributed by atoms with van der Waals surface area (Å²) in [5.74, 6) is 0. The van der Waals surface area contributed by atoms with Crippen LogP contribution in [0.5, 0.6) is 0 Å². The second-order valence-corrected chi connectivity index (χ2v) is 26.3. The number of benzene rings is 4. The van der Waals surface area contributed by atoms with E-state index in [1.165, 1.54) is 60.8 Å². The Balaban J connectivity index is -0.0000000705. The first-order valence-corrected chi connectivity index (χ1v) is 33.9. The maximum atomic E-state index is 5.32. The van der Waals surface area contributed by atoms with E-state index in [1.54, 1.807) is 14.2 Å². The zero-order valence-electron chi connectivity index (χ0n) is 61.1. The number of methoxy groups -OCH3 is 2. The van der Waals surface area contributed by atoms with E-state index in [9.17, 15) is 0 Å². The monoisotopic (exact) mass is 1230 g/mol. The van der Waals surface area contributed by atoms with Crippen LogP contribution in [0.4, 0.5) is 0 Å². The lowest BCUT2D eigenvalue weighted by Gasteiger charge is -2.24. The van der Waals surface area contributed by atoms with E-state index in [2.05, 4.69) is 273 Å². The van der Waals surface area contributed by atoms with E-state index in [4.69, 9.17) is 9.47 Å². The molecule has 4 rings (SSSR count). The third-order valence-corrected chi connectivity index (χ3v) is 17.4. The molecule has 0 aliphatic heterocycles. The van der Waals surface area contributed by atoms with E-state index in [1.807, 2.05) is 117 Å². The standard InChI is InChI=1S/C12H18.C10H15N.C10H14O.C10H14S.C7H16.C6H15N.C6H14O.C6H14S.4C2H6.4CH4/c1-4-10-12(2,3)11-8-6-5-7-9-11;3*1-10(2,11-3)9-7-5-4-6-8-9;1-5-7(3,4)6-2;3*1-5-6(2,3)7-4;4*1-2;;;;/h5-9H,4,10H2,1-3H3;4-8,11H,1-3H3;2*4-8H,1-3H3;5-6H2,1-4H3;7H,5H2,1-4H3;2*5H2,1-4H3;4*1-2H3;4*1H4. The molecule has 4 nitrogen and oxygen atoms in total. The number of nitrogens with one attached hydrogen (secondary N) is 2. The number of rotatable bonds is 17. The Kier molecular flexibility index (Phi) is 83.5. The highest BCUT2D eigenvalue weighted by molar-refractivity contribution is 8.00. The summed E-state index contributed by atoms with van der Waals surface area (Å²) in [6, 6.07) is 42.0. The van der Waals surface area contributed by atoms with Crippen LogP contribution < -0.4 is 10.6 Å². The molecule has 0 aliphatic rings. The van der Waals surface area contributed by atoms with E-state index in [0.29, 0.717) is 21.1 Å². The summed E-state index contributed by atoms with van der Waals surface area (Å²) >= 11 is 3.81. The molecule has 85 heavy (non-hydrogen) atoms. The van der Waals surface area contributed by atoms with Crippen LogP contribution in [0.25, 0.3) is 0 Å². The molecule has 0 radical (unpaired) electrons. The van der Waals surface area contributed by atoms with Gasteiger partial charge in [-0.25, -0.2) is 0 Å². The molecule has 0 bridgehead atoms. The van der Waals surface area contributed by atoms with E-state index in [0.717, 1.165) is 6.42 Å². The van der Waals surface area contributed by atoms with Crippen molar-refractivity contribution in [3.63, 3.8) is 0 Å². The second kappa shape index (κ2) is 64.4. The Hall–Kier alpha value is -2.58. The number of thioether (sulfide) groups is 2. The van der Waals surface area contributed by atoms with E-state index in [-0.39, 0.29) is 51.2 Å². The molecule has 6 heteroatoms. The highest BCUT2D eigenvalue weighted by Gasteiger charge is 2.20. The van der Waals surface area contributed by atoms with Crippen LogP contribution in [0.15, 0.2) is 121 Å². The minimum absolute atomic E-state index is 0. The fraction of sp³-hybridized carbons (Fsp3) is 0.696. The molecule has 0 aliphatic carbocycles. The summed E-state index contributed by atoms with van der Waals surface area (Å²) in [6.07, 6.45) is 12.9. The van der Waals surface area contributed by atoms with E-state index < -0.39 is 0 Å². The lowest BCUT2D eigenvalue weighted by atomic mass is 9.81. The topological polar surface area (TPSA) is 42.5 Å². The Morgan fingerprint density at radius 2 is 0.694 bits per heavy atom. The van der Waals surface area contributed by atoms with Gasteiger partial charge in [-0.3, -0.25) is 0 Å². The van der Waals surface area contributed by atoms with Crippen molar-refractivity contribution in [2.24, 2.45) is 5.41 Å². The predicted octanol–water partition coefficient (Wildman–Crippen LogP) is 27.0. The first-order valence-electron chi connectivity index (χ1n) is 31.5. The van der Waals surface area contributed by atoms with Crippen molar-refractivity contribution >= 4 is 23.5 Å².